The van der Waals surface area contributed by atoms with E-state index in [1.54, 1.807) is 0 Å². The topological polar surface area (TPSA) is 32.3 Å². The molecule has 1 saturated carbocycles. The number of rotatable bonds is 6. The summed E-state index contributed by atoms with van der Waals surface area (Å²) in [5, 5.41) is 3.11. The van der Waals surface area contributed by atoms with Gasteiger partial charge in [0, 0.05) is 19.5 Å². The minimum absolute atomic E-state index is 0.336. The molecule has 1 amide bonds. The van der Waals surface area contributed by atoms with Crippen LogP contribution in [0.4, 0.5) is 0 Å². The highest BCUT2D eigenvalue weighted by molar-refractivity contribution is 5.76. The minimum Gasteiger partial charge on any atom is -0.343 e. The van der Waals surface area contributed by atoms with Crippen molar-refractivity contribution in [1.29, 1.82) is 0 Å². The zero-order valence-corrected chi connectivity index (χ0v) is 10.8. The van der Waals surface area contributed by atoms with Crippen LogP contribution >= 0.6 is 0 Å². The molecule has 0 heterocycles. The first-order valence-electron chi connectivity index (χ1n) is 6.66. The van der Waals surface area contributed by atoms with E-state index in [1.807, 2.05) is 19.0 Å². The van der Waals surface area contributed by atoms with Crippen molar-refractivity contribution in [3.63, 3.8) is 0 Å². The molecule has 0 saturated heterocycles. The smallest absolute Gasteiger partial charge is 0.222 e. The van der Waals surface area contributed by atoms with E-state index < -0.39 is 0 Å². The zero-order chi connectivity index (χ0) is 11.8. The molecule has 0 aromatic rings. The number of nitrogens with zero attached hydrogens (tertiary/aromatic N) is 1. The van der Waals surface area contributed by atoms with Gasteiger partial charge in [0.1, 0.15) is 0 Å². The Balaban J connectivity index is 2.18. The predicted molar refractivity (Wildman–Crippen MR) is 67.4 cm³/mol. The lowest BCUT2D eigenvalue weighted by atomic mass is 9.94. The summed E-state index contributed by atoms with van der Waals surface area (Å²) in [5.74, 6) is 0.336. The Labute approximate surface area is 99.6 Å². The fraction of sp³-hybridized carbons (Fsp3) is 0.923. The van der Waals surface area contributed by atoms with Gasteiger partial charge in [-0.15, -0.1) is 0 Å². The van der Waals surface area contributed by atoms with Crippen molar-refractivity contribution in [2.24, 2.45) is 0 Å². The van der Waals surface area contributed by atoms with E-state index >= 15 is 0 Å². The lowest BCUT2D eigenvalue weighted by Crippen LogP contribution is -2.38. The summed E-state index contributed by atoms with van der Waals surface area (Å²) >= 11 is 0. The maximum atomic E-state index is 11.9. The van der Waals surface area contributed by atoms with E-state index in [4.69, 9.17) is 0 Å². The molecule has 0 aliphatic heterocycles. The monoisotopic (exact) mass is 226 g/mol. The summed E-state index contributed by atoms with van der Waals surface area (Å²) in [7, 11) is 3.94. The second kappa shape index (κ2) is 7.66. The normalized spacial score (nSPS) is 17.4. The Morgan fingerprint density at radius 3 is 2.56 bits per heavy atom. The average Bonchev–Trinajstić information content (AvgIpc) is 2.34. The van der Waals surface area contributed by atoms with E-state index in [1.165, 1.54) is 32.1 Å². The van der Waals surface area contributed by atoms with Gasteiger partial charge >= 0.3 is 0 Å². The minimum atomic E-state index is 0.336. The van der Waals surface area contributed by atoms with Crippen LogP contribution in [-0.2, 0) is 4.79 Å². The van der Waals surface area contributed by atoms with Gasteiger partial charge in [-0.05, 0) is 39.3 Å². The summed E-state index contributed by atoms with van der Waals surface area (Å²) < 4.78 is 0. The zero-order valence-electron chi connectivity index (χ0n) is 10.8. The van der Waals surface area contributed by atoms with Gasteiger partial charge in [0.2, 0.25) is 5.91 Å². The second-order valence-electron chi connectivity index (χ2n) is 4.86. The molecule has 1 aliphatic carbocycles. The molecule has 0 bridgehead atoms. The second-order valence-corrected chi connectivity index (χ2v) is 4.86. The molecule has 0 unspecified atom stereocenters. The number of unbranched alkanes of at least 4 members (excludes halogenated alkanes) is 1. The van der Waals surface area contributed by atoms with E-state index in [-0.39, 0.29) is 0 Å². The third kappa shape index (κ3) is 4.52. The van der Waals surface area contributed by atoms with Crippen molar-refractivity contribution in [1.82, 2.24) is 10.2 Å². The molecule has 0 spiro atoms. The molecule has 1 N–H and O–H groups in total. The van der Waals surface area contributed by atoms with Gasteiger partial charge in [0.05, 0.1) is 0 Å². The van der Waals surface area contributed by atoms with Gasteiger partial charge in [0.15, 0.2) is 0 Å². The van der Waals surface area contributed by atoms with Crippen molar-refractivity contribution in [2.75, 3.05) is 20.6 Å². The maximum Gasteiger partial charge on any atom is 0.222 e. The highest BCUT2D eigenvalue weighted by Gasteiger charge is 2.21. The predicted octanol–water partition coefficient (Wildman–Crippen LogP) is 2.17. The molecule has 0 aromatic heterocycles. The van der Waals surface area contributed by atoms with E-state index in [0.29, 0.717) is 18.4 Å². The molecular weight excluding hydrogens is 200 g/mol. The van der Waals surface area contributed by atoms with Crippen molar-refractivity contribution in [3.8, 4) is 0 Å². The number of hydrogen-bond acceptors (Lipinski definition) is 2. The van der Waals surface area contributed by atoms with E-state index in [9.17, 15) is 4.79 Å². The van der Waals surface area contributed by atoms with Crippen molar-refractivity contribution in [3.05, 3.63) is 0 Å². The third-order valence-electron chi connectivity index (χ3n) is 3.58. The van der Waals surface area contributed by atoms with Gasteiger partial charge in [-0.1, -0.05) is 19.3 Å². The first-order valence-corrected chi connectivity index (χ1v) is 6.66. The average molecular weight is 226 g/mol. The van der Waals surface area contributed by atoms with Crippen LogP contribution in [0.3, 0.4) is 0 Å². The Kier molecular flexibility index (Phi) is 6.46. The Bertz CT molecular complexity index is 200. The van der Waals surface area contributed by atoms with Gasteiger partial charge in [0.25, 0.3) is 0 Å². The SMILES string of the molecule is CNCCCCC(=O)N(C)C1CCCCC1. The number of nitrogens with one attached hydrogen (secondary N) is 1. The van der Waals surface area contributed by atoms with Crippen LogP contribution < -0.4 is 5.32 Å². The fourth-order valence-corrected chi connectivity index (χ4v) is 2.43. The highest BCUT2D eigenvalue weighted by atomic mass is 16.2. The van der Waals surface area contributed by atoms with Crippen LogP contribution in [0.1, 0.15) is 51.4 Å². The number of carbonyl (C=O) groups excluding carboxylic acids is 1. The molecular formula is C13H26N2O. The van der Waals surface area contributed by atoms with Gasteiger partial charge in [-0.25, -0.2) is 0 Å². The first-order chi connectivity index (χ1) is 7.75. The summed E-state index contributed by atoms with van der Waals surface area (Å²) in [5.41, 5.74) is 0. The summed E-state index contributed by atoms with van der Waals surface area (Å²) in [6.07, 6.45) is 9.18. The molecule has 1 aliphatic rings. The Morgan fingerprint density at radius 2 is 1.94 bits per heavy atom. The van der Waals surface area contributed by atoms with Crippen LogP contribution in [0.2, 0.25) is 0 Å². The first kappa shape index (κ1) is 13.5. The summed E-state index contributed by atoms with van der Waals surface area (Å²) in [4.78, 5) is 13.9. The fourth-order valence-electron chi connectivity index (χ4n) is 2.43. The van der Waals surface area contributed by atoms with Gasteiger partial charge < -0.3 is 10.2 Å². The van der Waals surface area contributed by atoms with Gasteiger partial charge in [-0.2, -0.15) is 0 Å². The standard InChI is InChI=1S/C13H26N2O/c1-14-11-7-6-10-13(16)15(2)12-8-4-3-5-9-12/h12,14H,3-11H2,1-2H3. The molecule has 1 fully saturated rings. The lowest BCUT2D eigenvalue weighted by Gasteiger charge is -2.31. The molecule has 3 heteroatoms. The van der Waals surface area contributed by atoms with E-state index in [0.717, 1.165) is 19.4 Å². The summed E-state index contributed by atoms with van der Waals surface area (Å²) in [6.45, 7) is 1.01. The van der Waals surface area contributed by atoms with Crippen molar-refractivity contribution >= 4 is 5.91 Å². The largest absolute Gasteiger partial charge is 0.343 e. The molecule has 3 nitrogen and oxygen atoms in total. The Morgan fingerprint density at radius 1 is 1.25 bits per heavy atom. The number of amides is 1. The van der Waals surface area contributed by atoms with Crippen molar-refractivity contribution < 1.29 is 4.79 Å². The highest BCUT2D eigenvalue weighted by Crippen LogP contribution is 2.22. The quantitative estimate of drug-likeness (QED) is 0.704. The summed E-state index contributed by atoms with van der Waals surface area (Å²) in [6, 6.07) is 0.519. The Hall–Kier alpha value is -0.570. The number of hydrogen-bond donors (Lipinski definition) is 1. The molecule has 1 rings (SSSR count). The van der Waals surface area contributed by atoms with Crippen molar-refractivity contribution in [2.45, 2.75) is 57.4 Å². The lowest BCUT2D eigenvalue weighted by molar-refractivity contribution is -0.132. The molecule has 0 aromatic carbocycles. The third-order valence-corrected chi connectivity index (χ3v) is 3.58. The molecule has 16 heavy (non-hydrogen) atoms. The van der Waals surface area contributed by atoms with Crippen LogP contribution in [0.5, 0.6) is 0 Å². The van der Waals surface area contributed by atoms with Crippen LogP contribution in [-0.4, -0.2) is 37.5 Å². The number of carbonyl (C=O) groups is 1. The molecule has 0 atom stereocenters. The van der Waals surface area contributed by atoms with Crippen LogP contribution in [0.15, 0.2) is 0 Å². The van der Waals surface area contributed by atoms with E-state index in [2.05, 4.69) is 5.32 Å². The van der Waals surface area contributed by atoms with Gasteiger partial charge in [-0.3, -0.25) is 4.79 Å². The van der Waals surface area contributed by atoms with Crippen LogP contribution in [0.25, 0.3) is 0 Å². The maximum absolute atomic E-state index is 11.9. The molecule has 94 valence electrons. The molecule has 0 radical (unpaired) electrons. The van der Waals surface area contributed by atoms with Crippen LogP contribution in [0, 0.1) is 0 Å².